The smallest absolute Gasteiger partial charge is 0.317 e. The Bertz CT molecular complexity index is 3150. The number of hydrogen-bond donors (Lipinski definition) is 16. The maximum absolute atomic E-state index is 15.2. The molecular weight excluding hydrogens is 1270 g/mol. The molecule has 6 rings (SSSR count). The number of nitrogens with two attached hydrogens (primary N) is 1. The Morgan fingerprint density at radius 3 is 1.69 bits per heavy atom. The van der Waals surface area contributed by atoms with E-state index in [4.69, 9.17) is 15.6 Å². The van der Waals surface area contributed by atoms with Gasteiger partial charge in [0.2, 0.25) is 47.3 Å². The van der Waals surface area contributed by atoms with E-state index in [1.54, 1.807) is 87.6 Å². The van der Waals surface area contributed by atoms with Gasteiger partial charge >= 0.3 is 11.9 Å². The first-order chi connectivity index (χ1) is 45.3. The number of hydrogen-bond acceptors (Lipinski definition) is 20. The molecular formula is C63H89N13O17S2. The first kappa shape index (κ1) is 77.5. The van der Waals surface area contributed by atoms with Crippen molar-refractivity contribution in [2.45, 2.75) is 120 Å². The number of benzene rings is 3. The van der Waals surface area contributed by atoms with E-state index < -0.39 is 132 Å². The van der Waals surface area contributed by atoms with E-state index >= 15 is 9.59 Å². The van der Waals surface area contributed by atoms with Crippen molar-refractivity contribution in [3.63, 3.8) is 0 Å². The number of carbonyl (C=O) groups is 11. The normalized spacial score (nSPS) is 21.7. The SMILES string of the molecule is CC(=O)O.C[C@@H](O)[C@@H]1NC(=O)[C@H](CCCCN)NC(=O)[C@@H](Cc2c[nH]c3ccccc23)NC(=O)[C@H](Cc2ccccc2)NC(=O)[C@@H](NC(=O)[C@@H](Cc2ccccc2)NC(=O)CN2CCN(CC(=O)O)CCN(CC(=O)O)CC2)CSSC[C@@H](C(=O)N[C@H](CO)[C@@H](C)O)NC1=O. The summed E-state index contributed by atoms with van der Waals surface area (Å²) in [5.74, 6) is -10.5. The van der Waals surface area contributed by atoms with Gasteiger partial charge in [0.15, 0.2) is 0 Å². The van der Waals surface area contributed by atoms with Crippen molar-refractivity contribution < 1.29 is 83.4 Å². The van der Waals surface area contributed by atoms with Crippen molar-refractivity contribution in [2.75, 3.05) is 83.6 Å². The minimum atomic E-state index is -1.74. The van der Waals surface area contributed by atoms with Crippen molar-refractivity contribution >= 4 is 97.7 Å². The second-order valence-electron chi connectivity index (χ2n) is 23.1. The fourth-order valence-corrected chi connectivity index (χ4v) is 12.6. The Hall–Kier alpha value is -8.21. The van der Waals surface area contributed by atoms with Crippen LogP contribution in [0.5, 0.6) is 0 Å². The topological polar surface area (TPSA) is 457 Å². The van der Waals surface area contributed by atoms with Gasteiger partial charge in [-0.25, -0.2) is 0 Å². The van der Waals surface area contributed by atoms with Gasteiger partial charge in [-0.1, -0.05) is 100 Å². The van der Waals surface area contributed by atoms with E-state index in [2.05, 4.69) is 47.5 Å². The number of carboxylic acid groups (broad SMARTS) is 3. The molecule has 3 aromatic carbocycles. The number of carboxylic acids is 3. The molecule has 0 aliphatic carbocycles. The second kappa shape index (κ2) is 40.2. The van der Waals surface area contributed by atoms with Crippen LogP contribution in [0.15, 0.2) is 91.1 Å². The molecule has 4 aromatic rings. The lowest BCUT2D eigenvalue weighted by molar-refractivity contribution is -0.140. The zero-order chi connectivity index (χ0) is 69.6. The summed E-state index contributed by atoms with van der Waals surface area (Å²) in [6, 6.07) is 12.9. The summed E-state index contributed by atoms with van der Waals surface area (Å²) in [4.78, 5) is 158. The largest absolute Gasteiger partial charge is 0.481 e. The van der Waals surface area contributed by atoms with Crippen LogP contribution in [0.25, 0.3) is 10.9 Å². The van der Waals surface area contributed by atoms with E-state index in [0.717, 1.165) is 39.4 Å². The maximum Gasteiger partial charge on any atom is 0.317 e. The third-order valence-corrected chi connectivity index (χ3v) is 17.9. The molecule has 2 aliphatic rings. The minimum absolute atomic E-state index is 0.0182. The van der Waals surface area contributed by atoms with Gasteiger partial charge in [0.05, 0.1) is 44.5 Å². The average Bonchev–Trinajstić information content (AvgIpc) is 1.77. The van der Waals surface area contributed by atoms with Crippen LogP contribution in [-0.4, -0.2) is 260 Å². The Balaban J connectivity index is 0.00000397. The summed E-state index contributed by atoms with van der Waals surface area (Å²) in [5, 5.41) is 80.5. The van der Waals surface area contributed by atoms with Gasteiger partial charge in [-0.15, -0.1) is 0 Å². The summed E-state index contributed by atoms with van der Waals surface area (Å²) >= 11 is 0. The lowest BCUT2D eigenvalue weighted by Gasteiger charge is -2.29. The highest BCUT2D eigenvalue weighted by atomic mass is 33.1. The van der Waals surface area contributed by atoms with E-state index in [0.29, 0.717) is 29.5 Å². The fraction of sp³-hybridized carbons (Fsp3) is 0.508. The molecule has 95 heavy (non-hydrogen) atoms. The van der Waals surface area contributed by atoms with Crippen LogP contribution in [-0.2, 0) is 72.0 Å². The molecule has 0 radical (unpaired) electrons. The molecule has 0 saturated carbocycles. The van der Waals surface area contributed by atoms with Crippen molar-refractivity contribution in [2.24, 2.45) is 5.73 Å². The molecule has 2 fully saturated rings. The number of aliphatic hydroxyl groups is 3. The molecule has 0 unspecified atom stereocenters. The monoisotopic (exact) mass is 1360 g/mol. The molecule has 0 spiro atoms. The van der Waals surface area contributed by atoms with Gasteiger partial charge < -0.3 is 83.9 Å². The number of nitrogens with one attached hydrogen (secondary N) is 9. The Kier molecular flexibility index (Phi) is 32.8. The molecule has 30 nitrogen and oxygen atoms in total. The van der Waals surface area contributed by atoms with Gasteiger partial charge in [-0.05, 0) is 62.4 Å². The minimum Gasteiger partial charge on any atom is -0.481 e. The van der Waals surface area contributed by atoms with Crippen LogP contribution in [0.2, 0.25) is 0 Å². The standard InChI is InChI=1S/C61H85N13O15S2.C2H4O2/c1-37(76)48(34-75)68-60(88)50-36-91-90-35-49(69-56(84)45(27-39-13-5-3-6-14-39)64-51(78)31-72-21-23-73(32-52(79)80)25-26-74(24-22-72)33-53(81)82)59(87)66-46(28-40-15-7-4-8-16-40)57(85)67-47(29-41-30-63-43-18-10-9-17-42(41)43)58(86)65-44(19-11-12-20-62)55(83)71-54(38(2)77)61(89)70-50;1-2(3)4/h3-10,13-18,30,37-38,44-50,54,63,75-77H,11-12,19-29,31-36,62H2,1-2H3,(H,64,78)(H,65,86)(H,66,87)(H,67,85)(H,68,88)(H,69,84)(H,70,89)(H,71,83)(H,79,80)(H,81,82);1H3,(H,3,4)/t37-,38-,44+,45-,46+,47-,48-,49+,50+,54+;/m1./s1. The number of unbranched alkanes of at least 4 members (excludes halogenated alkanes) is 1. The van der Waals surface area contributed by atoms with Gasteiger partial charge in [0, 0.05) is 94.1 Å². The van der Waals surface area contributed by atoms with Crippen molar-refractivity contribution in [1.29, 1.82) is 0 Å². The quantitative estimate of drug-likeness (QED) is 0.0255. The van der Waals surface area contributed by atoms with Gasteiger partial charge in [0.1, 0.15) is 42.3 Å². The zero-order valence-corrected chi connectivity index (χ0v) is 54.9. The lowest BCUT2D eigenvalue weighted by Crippen LogP contribution is -2.62. The van der Waals surface area contributed by atoms with E-state index in [9.17, 15) is 63.9 Å². The number of nitrogens with zero attached hydrogens (tertiary/aromatic N) is 3. The number of rotatable bonds is 24. The molecule has 32 heteroatoms. The summed E-state index contributed by atoms with van der Waals surface area (Å²) in [6.07, 6.45) is -0.864. The molecule has 2 saturated heterocycles. The Morgan fingerprint density at radius 1 is 0.621 bits per heavy atom. The Labute approximate surface area is 557 Å². The van der Waals surface area contributed by atoms with Gasteiger partial charge in [-0.3, -0.25) is 67.4 Å². The van der Waals surface area contributed by atoms with Gasteiger partial charge in [-0.2, -0.15) is 0 Å². The summed E-state index contributed by atoms with van der Waals surface area (Å²) in [6.45, 7) is 3.60. The maximum atomic E-state index is 15.2. The van der Waals surface area contributed by atoms with Crippen LogP contribution in [0.3, 0.4) is 0 Å². The Morgan fingerprint density at radius 2 is 1.14 bits per heavy atom. The predicted octanol–water partition coefficient (Wildman–Crippen LogP) is -2.47. The molecule has 1 aromatic heterocycles. The first-order valence-electron chi connectivity index (χ1n) is 31.1. The van der Waals surface area contributed by atoms with Crippen LogP contribution in [0.1, 0.15) is 56.7 Å². The highest BCUT2D eigenvalue weighted by Gasteiger charge is 2.37. The zero-order valence-electron chi connectivity index (χ0n) is 53.3. The van der Waals surface area contributed by atoms with Crippen molar-refractivity contribution in [1.82, 2.24) is 62.2 Å². The predicted molar refractivity (Wildman–Crippen MR) is 354 cm³/mol. The average molecular weight is 1360 g/mol. The molecule has 3 heterocycles. The third-order valence-electron chi connectivity index (χ3n) is 15.4. The van der Waals surface area contributed by atoms with E-state index in [-0.39, 0.29) is 103 Å². The number of carbonyl (C=O) groups excluding carboxylic acids is 8. The number of aliphatic hydroxyl groups excluding tert-OH is 3. The van der Waals surface area contributed by atoms with E-state index in [1.165, 1.54) is 13.8 Å². The van der Waals surface area contributed by atoms with Crippen molar-refractivity contribution in [3.05, 3.63) is 108 Å². The van der Waals surface area contributed by atoms with Crippen LogP contribution >= 0.6 is 21.6 Å². The van der Waals surface area contributed by atoms with Crippen molar-refractivity contribution in [3.8, 4) is 0 Å². The summed E-state index contributed by atoms with van der Waals surface area (Å²) in [7, 11) is 1.90. The molecule has 10 atom stereocenters. The number of para-hydroxylation sites is 1. The highest BCUT2D eigenvalue weighted by Crippen LogP contribution is 2.25. The number of H-pyrrole nitrogens is 1. The number of aromatic amines is 1. The molecule has 17 N–H and O–H groups in total. The first-order valence-corrected chi connectivity index (χ1v) is 33.6. The summed E-state index contributed by atoms with van der Waals surface area (Å²) in [5.41, 5.74) is 8.35. The lowest BCUT2D eigenvalue weighted by atomic mass is 10.0. The number of aliphatic carboxylic acids is 3. The highest BCUT2D eigenvalue weighted by molar-refractivity contribution is 8.76. The number of aromatic nitrogens is 1. The molecule has 520 valence electrons. The number of fused-ring (bicyclic) bond motifs is 1. The fourth-order valence-electron chi connectivity index (χ4n) is 10.3. The number of amides is 8. The molecule has 2 aliphatic heterocycles. The van der Waals surface area contributed by atoms with E-state index in [1.807, 2.05) is 18.2 Å². The summed E-state index contributed by atoms with van der Waals surface area (Å²) < 4.78 is 0. The van der Waals surface area contributed by atoms with Crippen LogP contribution in [0, 0.1) is 0 Å². The molecule has 8 amide bonds. The second-order valence-corrected chi connectivity index (χ2v) is 25.7. The van der Waals surface area contributed by atoms with Crippen LogP contribution < -0.4 is 48.3 Å². The van der Waals surface area contributed by atoms with Gasteiger partial charge in [0.25, 0.3) is 5.97 Å². The molecule has 0 bridgehead atoms. The third kappa shape index (κ3) is 27.2. The van der Waals surface area contributed by atoms with Crippen LogP contribution in [0.4, 0.5) is 0 Å².